The maximum absolute atomic E-state index is 14.6. The Morgan fingerprint density at radius 3 is 2.18 bits per heavy atom. The Hall–Kier alpha value is -4.57. The first-order chi connectivity index (χ1) is 21.0. The molecule has 3 aromatic carbocycles. The molecule has 0 radical (unpaired) electrons. The van der Waals surface area contributed by atoms with Gasteiger partial charge in [0, 0.05) is 24.2 Å². The van der Waals surface area contributed by atoms with Gasteiger partial charge in [0.25, 0.3) is 5.91 Å². The molecule has 3 rings (SSSR count). The van der Waals surface area contributed by atoms with Gasteiger partial charge in [0.1, 0.15) is 17.7 Å². The summed E-state index contributed by atoms with van der Waals surface area (Å²) in [4.78, 5) is 43.4. The van der Waals surface area contributed by atoms with E-state index in [1.54, 1.807) is 49.9 Å². The molecule has 0 aliphatic carbocycles. The Morgan fingerprint density at radius 1 is 0.909 bits per heavy atom. The fourth-order valence-corrected chi connectivity index (χ4v) is 4.92. The molecule has 0 aliphatic rings. The van der Waals surface area contributed by atoms with E-state index in [-0.39, 0.29) is 18.2 Å². The van der Waals surface area contributed by atoms with Crippen LogP contribution in [0.2, 0.25) is 0 Å². The van der Waals surface area contributed by atoms with Crippen molar-refractivity contribution in [2.45, 2.75) is 84.4 Å². The first-order valence-corrected chi connectivity index (χ1v) is 15.3. The van der Waals surface area contributed by atoms with Crippen LogP contribution in [0.3, 0.4) is 0 Å². The number of unbranched alkanes of at least 4 members (excludes halogenated alkanes) is 3. The van der Waals surface area contributed by atoms with E-state index in [0.717, 1.165) is 30.4 Å². The van der Waals surface area contributed by atoms with Crippen LogP contribution in [0.4, 0.5) is 10.5 Å². The molecule has 3 amide bonds. The van der Waals surface area contributed by atoms with Gasteiger partial charge in [-0.05, 0) is 69.0 Å². The number of para-hydroxylation sites is 1. The Balaban J connectivity index is 2.08. The third kappa shape index (κ3) is 10.3. The molecular formula is C37H45N3O4. The third-order valence-electron chi connectivity index (χ3n) is 7.16. The largest absolute Gasteiger partial charge is 0.444 e. The number of terminal acetylenes is 1. The fourth-order valence-electron chi connectivity index (χ4n) is 4.92. The lowest BCUT2D eigenvalue weighted by atomic mass is 9.98. The predicted molar refractivity (Wildman–Crippen MR) is 176 cm³/mol. The van der Waals surface area contributed by atoms with Crippen LogP contribution in [0.1, 0.15) is 81.7 Å². The predicted octanol–water partition coefficient (Wildman–Crippen LogP) is 7.20. The smallest absolute Gasteiger partial charge is 0.408 e. The summed E-state index contributed by atoms with van der Waals surface area (Å²) in [5.74, 6) is 1.89. The summed E-state index contributed by atoms with van der Waals surface area (Å²) in [7, 11) is 0. The molecule has 0 saturated carbocycles. The number of amides is 3. The van der Waals surface area contributed by atoms with E-state index in [1.807, 2.05) is 61.5 Å². The molecule has 3 aromatic rings. The van der Waals surface area contributed by atoms with Gasteiger partial charge < -0.3 is 20.3 Å². The van der Waals surface area contributed by atoms with Gasteiger partial charge >= 0.3 is 6.09 Å². The van der Waals surface area contributed by atoms with Crippen molar-refractivity contribution in [1.29, 1.82) is 0 Å². The molecule has 232 valence electrons. The molecule has 0 aliphatic heterocycles. The summed E-state index contributed by atoms with van der Waals surface area (Å²) in [6, 6.07) is 22.2. The highest BCUT2D eigenvalue weighted by Crippen LogP contribution is 2.27. The molecule has 0 saturated heterocycles. The minimum Gasteiger partial charge on any atom is -0.444 e. The fraction of sp³-hybridized carbons (Fsp3) is 0.378. The summed E-state index contributed by atoms with van der Waals surface area (Å²) >= 11 is 0. The standard InChI is InChI=1S/C37H45N3O4/c1-7-9-10-16-25-40(35(42)32(26-29-18-12-11-13-19-29)39-36(43)44-37(4,5)6)33(30-23-21-28(8-2)22-24-30)34(41)38-31-20-15-14-17-27(31)3/h2,11-15,17-24,32-33H,7,9-10,16,25-26H2,1,3-6H3,(H,38,41)(H,39,43). The van der Waals surface area contributed by atoms with Crippen molar-refractivity contribution in [2.24, 2.45) is 0 Å². The molecule has 7 nitrogen and oxygen atoms in total. The van der Waals surface area contributed by atoms with Crippen molar-refractivity contribution < 1.29 is 19.1 Å². The first kappa shape index (κ1) is 33.9. The van der Waals surface area contributed by atoms with Crippen LogP contribution in [-0.4, -0.2) is 41.0 Å². The van der Waals surface area contributed by atoms with Gasteiger partial charge in [0.15, 0.2) is 0 Å². The number of rotatable bonds is 13. The lowest BCUT2D eigenvalue weighted by molar-refractivity contribution is -0.140. The summed E-state index contributed by atoms with van der Waals surface area (Å²) in [5, 5.41) is 5.87. The van der Waals surface area contributed by atoms with Crippen molar-refractivity contribution in [3.8, 4) is 12.3 Å². The van der Waals surface area contributed by atoms with Crippen molar-refractivity contribution >= 4 is 23.6 Å². The molecule has 44 heavy (non-hydrogen) atoms. The van der Waals surface area contributed by atoms with Gasteiger partial charge in [-0.3, -0.25) is 9.59 Å². The SMILES string of the molecule is C#Cc1ccc(C(C(=O)Nc2ccccc2C)N(CCCCCC)C(=O)C(Cc2ccccc2)NC(=O)OC(C)(C)C)cc1. The number of benzene rings is 3. The molecule has 2 N–H and O–H groups in total. The van der Waals surface area contributed by atoms with Crippen LogP contribution in [-0.2, 0) is 20.7 Å². The number of hydrogen-bond donors (Lipinski definition) is 2. The molecule has 0 bridgehead atoms. The lowest BCUT2D eigenvalue weighted by Crippen LogP contribution is -2.53. The van der Waals surface area contributed by atoms with E-state index in [1.165, 1.54) is 0 Å². The zero-order chi connectivity index (χ0) is 32.1. The Bertz CT molecular complexity index is 1420. The van der Waals surface area contributed by atoms with Gasteiger partial charge in [0.2, 0.25) is 5.91 Å². The highest BCUT2D eigenvalue weighted by molar-refractivity contribution is 5.99. The number of hydrogen-bond acceptors (Lipinski definition) is 4. The van der Waals surface area contributed by atoms with Gasteiger partial charge in [-0.1, -0.05) is 92.8 Å². The topological polar surface area (TPSA) is 87.7 Å². The number of carbonyl (C=O) groups excluding carboxylic acids is 3. The molecule has 0 heterocycles. The average Bonchev–Trinajstić information content (AvgIpc) is 2.99. The zero-order valence-electron chi connectivity index (χ0n) is 26.6. The second-order valence-electron chi connectivity index (χ2n) is 12.0. The van der Waals surface area contributed by atoms with Crippen LogP contribution in [0.5, 0.6) is 0 Å². The number of aryl methyl sites for hydroxylation is 1. The maximum atomic E-state index is 14.6. The van der Waals surface area contributed by atoms with Crippen LogP contribution in [0, 0.1) is 19.3 Å². The lowest BCUT2D eigenvalue weighted by Gasteiger charge is -2.35. The molecule has 0 spiro atoms. The Kier molecular flexibility index (Phi) is 12.6. The highest BCUT2D eigenvalue weighted by Gasteiger charge is 2.36. The third-order valence-corrected chi connectivity index (χ3v) is 7.16. The van der Waals surface area contributed by atoms with Crippen LogP contribution in [0.15, 0.2) is 78.9 Å². The molecule has 0 aromatic heterocycles. The number of nitrogens with zero attached hydrogens (tertiary/aromatic N) is 1. The van der Waals surface area contributed by atoms with E-state index in [2.05, 4.69) is 23.5 Å². The molecule has 0 fully saturated rings. The number of alkyl carbamates (subject to hydrolysis) is 1. The van der Waals surface area contributed by atoms with Crippen LogP contribution >= 0.6 is 0 Å². The Morgan fingerprint density at radius 2 is 1.57 bits per heavy atom. The van der Waals surface area contributed by atoms with E-state index in [0.29, 0.717) is 29.8 Å². The number of nitrogens with one attached hydrogen (secondary N) is 2. The number of ether oxygens (including phenoxy) is 1. The summed E-state index contributed by atoms with van der Waals surface area (Å²) in [6.07, 6.45) is 8.76. The quantitative estimate of drug-likeness (QED) is 0.162. The second kappa shape index (κ2) is 16.3. The summed E-state index contributed by atoms with van der Waals surface area (Å²) in [5.41, 5.74) is 2.97. The maximum Gasteiger partial charge on any atom is 0.408 e. The highest BCUT2D eigenvalue weighted by atomic mass is 16.6. The van der Waals surface area contributed by atoms with Gasteiger partial charge in [-0.15, -0.1) is 6.42 Å². The monoisotopic (exact) mass is 595 g/mol. The average molecular weight is 596 g/mol. The van der Waals surface area contributed by atoms with Crippen molar-refractivity contribution in [2.75, 3.05) is 11.9 Å². The van der Waals surface area contributed by atoms with E-state index in [9.17, 15) is 14.4 Å². The zero-order valence-corrected chi connectivity index (χ0v) is 26.6. The van der Waals surface area contributed by atoms with E-state index < -0.39 is 23.8 Å². The van der Waals surface area contributed by atoms with Crippen LogP contribution in [0.25, 0.3) is 0 Å². The molecular weight excluding hydrogens is 550 g/mol. The van der Waals surface area contributed by atoms with Gasteiger partial charge in [-0.2, -0.15) is 0 Å². The Labute approximate surface area is 262 Å². The summed E-state index contributed by atoms with van der Waals surface area (Å²) in [6.45, 7) is 9.67. The summed E-state index contributed by atoms with van der Waals surface area (Å²) < 4.78 is 5.54. The van der Waals surface area contributed by atoms with Crippen molar-refractivity contribution in [3.63, 3.8) is 0 Å². The minimum atomic E-state index is -0.978. The van der Waals surface area contributed by atoms with E-state index >= 15 is 0 Å². The second-order valence-corrected chi connectivity index (χ2v) is 12.0. The normalized spacial score (nSPS) is 12.4. The molecule has 7 heteroatoms. The first-order valence-electron chi connectivity index (χ1n) is 15.3. The number of carbonyl (C=O) groups is 3. The van der Waals surface area contributed by atoms with Gasteiger partial charge in [-0.25, -0.2) is 4.79 Å². The van der Waals surface area contributed by atoms with E-state index in [4.69, 9.17) is 11.2 Å². The van der Waals surface area contributed by atoms with Gasteiger partial charge in [0.05, 0.1) is 0 Å². The van der Waals surface area contributed by atoms with Crippen molar-refractivity contribution in [3.05, 3.63) is 101 Å². The molecule has 2 atom stereocenters. The minimum absolute atomic E-state index is 0.229. The van der Waals surface area contributed by atoms with Crippen LogP contribution < -0.4 is 10.6 Å². The molecule has 2 unspecified atom stereocenters. The van der Waals surface area contributed by atoms with Crippen molar-refractivity contribution in [1.82, 2.24) is 10.2 Å². The number of anilines is 1.